The van der Waals surface area contributed by atoms with E-state index in [0.717, 1.165) is 0 Å². The lowest BCUT2D eigenvalue weighted by atomic mass is 10.5. The Labute approximate surface area is 60.1 Å². The van der Waals surface area contributed by atoms with Gasteiger partial charge in [-0.2, -0.15) is 0 Å². The highest BCUT2D eigenvalue weighted by atomic mass is 28.3. The SMILES string of the molecule is CCC[SiH](C)OC(C)C. The van der Waals surface area contributed by atoms with Gasteiger partial charge in [-0.05, 0) is 26.4 Å². The fourth-order valence-corrected chi connectivity index (χ4v) is 2.82. The van der Waals surface area contributed by atoms with Crippen LogP contribution in [0.3, 0.4) is 0 Å². The molecule has 0 amide bonds. The summed E-state index contributed by atoms with van der Waals surface area (Å²) in [5, 5.41) is 0. The Hall–Kier alpha value is 0.177. The van der Waals surface area contributed by atoms with E-state index in [9.17, 15) is 0 Å². The van der Waals surface area contributed by atoms with Gasteiger partial charge in [-0.1, -0.05) is 13.3 Å². The van der Waals surface area contributed by atoms with Crippen LogP contribution in [0.25, 0.3) is 0 Å². The average Bonchev–Trinajstić information content (AvgIpc) is 1.63. The molecule has 0 bridgehead atoms. The molecule has 0 heterocycles. The van der Waals surface area contributed by atoms with E-state index in [-0.39, 0.29) is 0 Å². The molecule has 9 heavy (non-hydrogen) atoms. The van der Waals surface area contributed by atoms with Gasteiger partial charge < -0.3 is 4.43 Å². The molecule has 0 N–H and O–H groups in total. The monoisotopic (exact) mass is 146 g/mol. The molecule has 1 nitrogen and oxygen atoms in total. The van der Waals surface area contributed by atoms with Gasteiger partial charge in [0.05, 0.1) is 0 Å². The number of hydrogen-bond donors (Lipinski definition) is 0. The summed E-state index contributed by atoms with van der Waals surface area (Å²) in [5.41, 5.74) is 0. The normalized spacial score (nSPS) is 14.3. The Morgan fingerprint density at radius 2 is 2.00 bits per heavy atom. The molecular formula is C7H18OSi. The topological polar surface area (TPSA) is 9.23 Å². The molecule has 0 aromatic carbocycles. The minimum atomic E-state index is -0.760. The van der Waals surface area contributed by atoms with Crippen molar-refractivity contribution in [2.45, 2.75) is 45.9 Å². The van der Waals surface area contributed by atoms with E-state index >= 15 is 0 Å². The van der Waals surface area contributed by atoms with E-state index in [0.29, 0.717) is 6.10 Å². The van der Waals surface area contributed by atoms with Gasteiger partial charge in [0.1, 0.15) is 0 Å². The lowest BCUT2D eigenvalue weighted by molar-refractivity contribution is 0.244. The molecule has 0 aliphatic carbocycles. The lowest BCUT2D eigenvalue weighted by Gasteiger charge is -2.13. The van der Waals surface area contributed by atoms with E-state index < -0.39 is 9.04 Å². The molecule has 1 unspecified atom stereocenters. The Morgan fingerprint density at radius 1 is 1.44 bits per heavy atom. The Balaban J connectivity index is 3.15. The van der Waals surface area contributed by atoms with E-state index in [4.69, 9.17) is 4.43 Å². The van der Waals surface area contributed by atoms with Crippen molar-refractivity contribution in [1.82, 2.24) is 0 Å². The zero-order valence-corrected chi connectivity index (χ0v) is 8.13. The van der Waals surface area contributed by atoms with Crippen molar-refractivity contribution in [3.05, 3.63) is 0 Å². The van der Waals surface area contributed by atoms with Crippen molar-refractivity contribution in [1.29, 1.82) is 0 Å². The van der Waals surface area contributed by atoms with Gasteiger partial charge in [-0.25, -0.2) is 0 Å². The van der Waals surface area contributed by atoms with Gasteiger partial charge in [-0.15, -0.1) is 0 Å². The van der Waals surface area contributed by atoms with Crippen LogP contribution in [-0.2, 0) is 4.43 Å². The molecule has 0 saturated carbocycles. The third-order valence-electron chi connectivity index (χ3n) is 1.20. The van der Waals surface area contributed by atoms with E-state index in [1.807, 2.05) is 0 Å². The summed E-state index contributed by atoms with van der Waals surface area (Å²) in [6, 6.07) is 1.32. The van der Waals surface area contributed by atoms with Gasteiger partial charge in [0.25, 0.3) is 0 Å². The van der Waals surface area contributed by atoms with Crippen molar-refractivity contribution >= 4 is 9.04 Å². The molecule has 0 spiro atoms. The highest BCUT2D eigenvalue weighted by Gasteiger charge is 2.03. The van der Waals surface area contributed by atoms with Crippen LogP contribution in [0.15, 0.2) is 0 Å². The second kappa shape index (κ2) is 5.00. The molecule has 0 aromatic heterocycles. The molecule has 0 saturated heterocycles. The quantitative estimate of drug-likeness (QED) is 0.552. The summed E-state index contributed by atoms with van der Waals surface area (Å²) in [4.78, 5) is 0. The predicted octanol–water partition coefficient (Wildman–Crippen LogP) is 2.17. The van der Waals surface area contributed by atoms with Crippen molar-refractivity contribution in [2.75, 3.05) is 0 Å². The minimum Gasteiger partial charge on any atom is -0.418 e. The Kier molecular flexibility index (Phi) is 5.10. The van der Waals surface area contributed by atoms with Gasteiger partial charge in [0, 0.05) is 6.10 Å². The summed E-state index contributed by atoms with van der Waals surface area (Å²) >= 11 is 0. The van der Waals surface area contributed by atoms with Crippen LogP contribution in [0.5, 0.6) is 0 Å². The maximum Gasteiger partial charge on any atom is 0.174 e. The Bertz CT molecular complexity index is 63.9. The largest absolute Gasteiger partial charge is 0.418 e. The predicted molar refractivity (Wildman–Crippen MR) is 44.3 cm³/mol. The molecule has 0 fully saturated rings. The zero-order chi connectivity index (χ0) is 7.28. The van der Waals surface area contributed by atoms with Crippen LogP contribution in [0, 0.1) is 0 Å². The average molecular weight is 146 g/mol. The third kappa shape index (κ3) is 6.06. The van der Waals surface area contributed by atoms with E-state index in [1.165, 1.54) is 12.5 Å². The molecule has 0 aromatic rings. The summed E-state index contributed by atoms with van der Waals surface area (Å²) in [6.07, 6.45) is 1.72. The highest BCUT2D eigenvalue weighted by molar-refractivity contribution is 6.50. The fraction of sp³-hybridized carbons (Fsp3) is 1.00. The molecule has 0 rings (SSSR count). The van der Waals surface area contributed by atoms with Gasteiger partial charge in [0.15, 0.2) is 9.04 Å². The first-order chi connectivity index (χ1) is 4.16. The molecule has 0 radical (unpaired) electrons. The molecule has 1 atom stereocenters. The molecule has 0 aliphatic heterocycles. The van der Waals surface area contributed by atoms with Crippen molar-refractivity contribution in [2.24, 2.45) is 0 Å². The maximum absolute atomic E-state index is 5.63. The smallest absolute Gasteiger partial charge is 0.174 e. The van der Waals surface area contributed by atoms with E-state index in [2.05, 4.69) is 27.3 Å². The van der Waals surface area contributed by atoms with Crippen molar-refractivity contribution < 1.29 is 4.43 Å². The first kappa shape index (κ1) is 9.18. The second-order valence-electron chi connectivity index (χ2n) is 2.78. The highest BCUT2D eigenvalue weighted by Crippen LogP contribution is 2.01. The summed E-state index contributed by atoms with van der Waals surface area (Å²) in [5.74, 6) is 0. The van der Waals surface area contributed by atoms with Crippen molar-refractivity contribution in [3.8, 4) is 0 Å². The molecule has 2 heteroatoms. The van der Waals surface area contributed by atoms with E-state index in [1.54, 1.807) is 0 Å². The third-order valence-corrected chi connectivity index (χ3v) is 3.60. The maximum atomic E-state index is 5.63. The zero-order valence-electron chi connectivity index (χ0n) is 6.98. The first-order valence-corrected chi connectivity index (χ1v) is 6.26. The molecule has 0 aliphatic rings. The first-order valence-electron chi connectivity index (χ1n) is 3.82. The molecule has 56 valence electrons. The van der Waals surface area contributed by atoms with Crippen LogP contribution in [0.4, 0.5) is 0 Å². The van der Waals surface area contributed by atoms with Gasteiger partial charge in [0.2, 0.25) is 0 Å². The van der Waals surface area contributed by atoms with Gasteiger partial charge in [-0.3, -0.25) is 0 Å². The summed E-state index contributed by atoms with van der Waals surface area (Å²) in [7, 11) is -0.760. The fourth-order valence-electron chi connectivity index (χ4n) is 0.939. The minimum absolute atomic E-state index is 0.443. The van der Waals surface area contributed by atoms with Crippen LogP contribution >= 0.6 is 0 Å². The van der Waals surface area contributed by atoms with Crippen molar-refractivity contribution in [3.63, 3.8) is 0 Å². The van der Waals surface area contributed by atoms with Gasteiger partial charge >= 0.3 is 0 Å². The van der Waals surface area contributed by atoms with Crippen LogP contribution in [-0.4, -0.2) is 15.1 Å². The Morgan fingerprint density at radius 3 is 2.33 bits per heavy atom. The summed E-state index contributed by atoms with van der Waals surface area (Å²) < 4.78 is 5.63. The number of hydrogen-bond acceptors (Lipinski definition) is 1. The van der Waals surface area contributed by atoms with Crippen LogP contribution < -0.4 is 0 Å². The van der Waals surface area contributed by atoms with Crippen LogP contribution in [0.2, 0.25) is 12.6 Å². The second-order valence-corrected chi connectivity index (χ2v) is 5.25. The lowest BCUT2D eigenvalue weighted by Crippen LogP contribution is -2.17. The standard InChI is InChI=1S/C7H18OSi/c1-5-6-9(4)8-7(2)3/h7,9H,5-6H2,1-4H3. The van der Waals surface area contributed by atoms with Crippen LogP contribution in [0.1, 0.15) is 27.2 Å². The number of rotatable bonds is 4. The molecular weight excluding hydrogens is 128 g/mol. The summed E-state index contributed by atoms with van der Waals surface area (Å²) in [6.45, 7) is 8.70.